The van der Waals surface area contributed by atoms with Gasteiger partial charge in [-0.15, -0.1) is 0 Å². The molecule has 0 radical (unpaired) electrons. The van der Waals surface area contributed by atoms with Gasteiger partial charge >= 0.3 is 0 Å². The Morgan fingerprint density at radius 2 is 2.06 bits per heavy atom. The summed E-state index contributed by atoms with van der Waals surface area (Å²) >= 11 is 0. The van der Waals surface area contributed by atoms with E-state index in [1.165, 1.54) is 6.07 Å². The maximum atomic E-state index is 13.9. The number of carbonyl (C=O) groups is 1. The highest BCUT2D eigenvalue weighted by Gasteiger charge is 2.32. The van der Waals surface area contributed by atoms with Crippen molar-refractivity contribution >= 4 is 11.6 Å². The summed E-state index contributed by atoms with van der Waals surface area (Å²) in [5.41, 5.74) is 11.2. The maximum Gasteiger partial charge on any atom is 0.248 e. The van der Waals surface area contributed by atoms with Crippen LogP contribution in [0.25, 0.3) is 0 Å². The number of carbonyl (C=O) groups excluding carboxylic acids is 1. The lowest BCUT2D eigenvalue weighted by molar-refractivity contribution is 0.1000. The van der Waals surface area contributed by atoms with E-state index >= 15 is 0 Å². The zero-order valence-electron chi connectivity index (χ0n) is 10.2. The van der Waals surface area contributed by atoms with Gasteiger partial charge in [0.15, 0.2) is 0 Å². The van der Waals surface area contributed by atoms with Crippen LogP contribution in [-0.4, -0.2) is 18.0 Å². The molecule has 5 heteroatoms. The van der Waals surface area contributed by atoms with Crippen LogP contribution in [0.15, 0.2) is 18.2 Å². The fourth-order valence-electron chi connectivity index (χ4n) is 2.49. The Morgan fingerprint density at radius 3 is 2.56 bits per heavy atom. The van der Waals surface area contributed by atoms with Crippen molar-refractivity contribution in [2.45, 2.75) is 31.2 Å². The summed E-state index contributed by atoms with van der Waals surface area (Å²) < 4.78 is 13.9. The number of amides is 1. The Bertz CT molecular complexity index is 456. The summed E-state index contributed by atoms with van der Waals surface area (Å²) in [6, 6.07) is 4.22. The van der Waals surface area contributed by atoms with Crippen LogP contribution in [0.2, 0.25) is 0 Å². The van der Waals surface area contributed by atoms with Crippen molar-refractivity contribution in [2.75, 3.05) is 11.9 Å². The molecule has 1 fully saturated rings. The molecule has 0 bridgehead atoms. The number of benzene rings is 1. The van der Waals surface area contributed by atoms with Gasteiger partial charge in [-0.3, -0.25) is 4.79 Å². The van der Waals surface area contributed by atoms with Gasteiger partial charge in [0.1, 0.15) is 5.82 Å². The first-order chi connectivity index (χ1) is 8.56. The van der Waals surface area contributed by atoms with Crippen molar-refractivity contribution < 1.29 is 9.18 Å². The van der Waals surface area contributed by atoms with E-state index in [-0.39, 0.29) is 11.1 Å². The topological polar surface area (TPSA) is 81.1 Å². The van der Waals surface area contributed by atoms with E-state index in [9.17, 15) is 9.18 Å². The Labute approximate surface area is 106 Å². The molecular weight excluding hydrogens is 233 g/mol. The molecule has 5 N–H and O–H groups in total. The average molecular weight is 251 g/mol. The molecule has 18 heavy (non-hydrogen) atoms. The Balaban J connectivity index is 2.21. The number of nitrogens with two attached hydrogens (primary N) is 2. The minimum atomic E-state index is -0.630. The Morgan fingerprint density at radius 1 is 1.39 bits per heavy atom. The van der Waals surface area contributed by atoms with E-state index in [2.05, 4.69) is 5.32 Å². The predicted molar refractivity (Wildman–Crippen MR) is 68.8 cm³/mol. The summed E-state index contributed by atoms with van der Waals surface area (Å²) in [7, 11) is 0. The van der Waals surface area contributed by atoms with Gasteiger partial charge in [-0.05, 0) is 31.0 Å². The molecule has 4 nitrogen and oxygen atoms in total. The minimum absolute atomic E-state index is 0.172. The third kappa shape index (κ3) is 2.46. The van der Waals surface area contributed by atoms with Crippen LogP contribution in [0.4, 0.5) is 10.1 Å². The molecule has 1 aromatic rings. The Hall–Kier alpha value is -1.62. The van der Waals surface area contributed by atoms with Gasteiger partial charge in [0.25, 0.3) is 0 Å². The number of hydrogen-bond acceptors (Lipinski definition) is 3. The molecule has 1 aliphatic rings. The quantitative estimate of drug-likeness (QED) is 0.760. The molecule has 98 valence electrons. The first-order valence-electron chi connectivity index (χ1n) is 6.14. The second-order valence-corrected chi connectivity index (χ2v) is 4.88. The standard InChI is InChI=1S/C13H18FN3O/c14-10-7-9(12(16)18)3-4-11(10)17-13(8-15)5-1-2-6-13/h3-4,7,17H,1-2,5-6,8,15H2,(H2,16,18). The predicted octanol–water partition coefficient (Wildman–Crippen LogP) is 1.61. The zero-order valence-corrected chi connectivity index (χ0v) is 10.2. The molecule has 0 aromatic heterocycles. The van der Waals surface area contributed by atoms with Crippen molar-refractivity contribution in [3.63, 3.8) is 0 Å². The number of halogens is 1. The van der Waals surface area contributed by atoms with E-state index in [1.54, 1.807) is 6.07 Å². The van der Waals surface area contributed by atoms with E-state index < -0.39 is 11.7 Å². The lowest BCUT2D eigenvalue weighted by Gasteiger charge is -2.30. The largest absolute Gasteiger partial charge is 0.376 e. The van der Waals surface area contributed by atoms with Gasteiger partial charge < -0.3 is 16.8 Å². The third-order valence-corrected chi connectivity index (χ3v) is 3.60. The number of anilines is 1. The molecule has 0 aliphatic heterocycles. The maximum absolute atomic E-state index is 13.9. The third-order valence-electron chi connectivity index (χ3n) is 3.60. The highest BCUT2D eigenvalue weighted by Crippen LogP contribution is 2.33. The number of nitrogens with one attached hydrogen (secondary N) is 1. The van der Waals surface area contributed by atoms with E-state index in [4.69, 9.17) is 11.5 Å². The van der Waals surface area contributed by atoms with Crippen molar-refractivity contribution in [2.24, 2.45) is 11.5 Å². The number of primary amides is 1. The van der Waals surface area contributed by atoms with Crippen molar-refractivity contribution in [1.82, 2.24) is 0 Å². The first-order valence-corrected chi connectivity index (χ1v) is 6.14. The summed E-state index contributed by atoms with van der Waals surface area (Å²) in [5.74, 6) is -1.10. The number of hydrogen-bond donors (Lipinski definition) is 3. The van der Waals surface area contributed by atoms with Crippen LogP contribution in [0.1, 0.15) is 36.0 Å². The molecule has 1 saturated carbocycles. The molecule has 0 heterocycles. The molecule has 0 unspecified atom stereocenters. The SMILES string of the molecule is NCC1(Nc2ccc(C(N)=O)cc2F)CCCC1. The monoisotopic (exact) mass is 251 g/mol. The molecule has 1 aliphatic carbocycles. The molecule has 0 spiro atoms. The van der Waals surface area contributed by atoms with Crippen LogP contribution < -0.4 is 16.8 Å². The molecule has 0 saturated heterocycles. The van der Waals surface area contributed by atoms with Crippen molar-refractivity contribution in [1.29, 1.82) is 0 Å². The molecule has 2 rings (SSSR count). The van der Waals surface area contributed by atoms with E-state index in [0.717, 1.165) is 31.7 Å². The van der Waals surface area contributed by atoms with Crippen LogP contribution in [0, 0.1) is 5.82 Å². The van der Waals surface area contributed by atoms with Crippen LogP contribution >= 0.6 is 0 Å². The average Bonchev–Trinajstić information content (AvgIpc) is 2.81. The van der Waals surface area contributed by atoms with Gasteiger partial charge in [0, 0.05) is 17.6 Å². The molecule has 1 aromatic carbocycles. The van der Waals surface area contributed by atoms with E-state index in [0.29, 0.717) is 12.2 Å². The van der Waals surface area contributed by atoms with Crippen LogP contribution in [-0.2, 0) is 0 Å². The lowest BCUT2D eigenvalue weighted by Crippen LogP contribution is -2.43. The Kier molecular flexibility index (Phi) is 3.52. The first kappa shape index (κ1) is 12.8. The van der Waals surface area contributed by atoms with Gasteiger partial charge in [0.05, 0.1) is 5.69 Å². The zero-order chi connectivity index (χ0) is 13.2. The smallest absolute Gasteiger partial charge is 0.248 e. The summed E-state index contributed by atoms with van der Waals surface area (Å²) in [6.45, 7) is 0.476. The summed E-state index contributed by atoms with van der Waals surface area (Å²) in [4.78, 5) is 10.9. The number of rotatable bonds is 4. The van der Waals surface area contributed by atoms with Gasteiger partial charge in [0.2, 0.25) is 5.91 Å². The fraction of sp³-hybridized carbons (Fsp3) is 0.462. The minimum Gasteiger partial charge on any atom is -0.376 e. The van der Waals surface area contributed by atoms with Crippen molar-refractivity contribution in [3.8, 4) is 0 Å². The highest BCUT2D eigenvalue weighted by atomic mass is 19.1. The van der Waals surface area contributed by atoms with E-state index in [1.807, 2.05) is 0 Å². The van der Waals surface area contributed by atoms with Gasteiger partial charge in [-0.2, -0.15) is 0 Å². The molecular formula is C13H18FN3O. The normalized spacial score (nSPS) is 17.7. The second kappa shape index (κ2) is 4.94. The fourth-order valence-corrected chi connectivity index (χ4v) is 2.49. The summed E-state index contributed by atoms with van der Waals surface area (Å²) in [5, 5.41) is 3.19. The van der Waals surface area contributed by atoms with Crippen LogP contribution in [0.3, 0.4) is 0 Å². The van der Waals surface area contributed by atoms with Gasteiger partial charge in [-0.1, -0.05) is 12.8 Å². The van der Waals surface area contributed by atoms with Crippen molar-refractivity contribution in [3.05, 3.63) is 29.6 Å². The van der Waals surface area contributed by atoms with Gasteiger partial charge in [-0.25, -0.2) is 4.39 Å². The molecule has 1 amide bonds. The second-order valence-electron chi connectivity index (χ2n) is 4.88. The summed E-state index contributed by atoms with van der Waals surface area (Å²) in [6.07, 6.45) is 4.09. The molecule has 0 atom stereocenters. The van der Waals surface area contributed by atoms with Crippen LogP contribution in [0.5, 0.6) is 0 Å². The lowest BCUT2D eigenvalue weighted by atomic mass is 9.97. The highest BCUT2D eigenvalue weighted by molar-refractivity contribution is 5.93.